The van der Waals surface area contributed by atoms with E-state index in [9.17, 15) is 4.79 Å². The van der Waals surface area contributed by atoms with Crippen molar-refractivity contribution in [1.82, 2.24) is 20.1 Å². The summed E-state index contributed by atoms with van der Waals surface area (Å²) >= 11 is 0. The van der Waals surface area contributed by atoms with Gasteiger partial charge < -0.3 is 5.32 Å². The van der Waals surface area contributed by atoms with E-state index in [1.165, 1.54) is 16.7 Å². The van der Waals surface area contributed by atoms with Gasteiger partial charge in [0.25, 0.3) is 0 Å². The van der Waals surface area contributed by atoms with Crippen LogP contribution in [0.5, 0.6) is 0 Å². The second kappa shape index (κ2) is 8.74. The fraction of sp³-hybridized carbons (Fsp3) is 0.400. The fourth-order valence-corrected chi connectivity index (χ4v) is 3.12. The molecular weight excluding hydrogens is 312 g/mol. The van der Waals surface area contributed by atoms with Crippen molar-refractivity contribution in [2.45, 2.75) is 20.0 Å². The van der Waals surface area contributed by atoms with E-state index in [0.717, 1.165) is 32.7 Å². The third kappa shape index (κ3) is 5.37. The number of nitrogens with zero attached hydrogens (tertiary/aromatic N) is 3. The molecule has 1 aromatic heterocycles. The van der Waals surface area contributed by atoms with Crippen LogP contribution in [0.25, 0.3) is 0 Å². The van der Waals surface area contributed by atoms with Crippen LogP contribution in [0.3, 0.4) is 0 Å². The Bertz CT molecular complexity index is 681. The van der Waals surface area contributed by atoms with E-state index in [4.69, 9.17) is 0 Å². The number of aryl methyl sites for hydroxylation is 1. The molecule has 3 rings (SSSR count). The molecule has 1 fully saturated rings. The van der Waals surface area contributed by atoms with Gasteiger partial charge in [-0.05, 0) is 29.7 Å². The van der Waals surface area contributed by atoms with Crippen LogP contribution in [0.15, 0.2) is 48.8 Å². The van der Waals surface area contributed by atoms with E-state index in [1.54, 1.807) is 6.20 Å². The van der Waals surface area contributed by atoms with E-state index in [-0.39, 0.29) is 5.91 Å². The van der Waals surface area contributed by atoms with E-state index in [2.05, 4.69) is 45.2 Å². The highest BCUT2D eigenvalue weighted by molar-refractivity contribution is 5.78. The van der Waals surface area contributed by atoms with E-state index < -0.39 is 0 Å². The molecule has 1 aliphatic rings. The topological polar surface area (TPSA) is 48.5 Å². The molecule has 0 bridgehead atoms. The Hall–Kier alpha value is -2.24. The zero-order chi connectivity index (χ0) is 17.5. The van der Waals surface area contributed by atoms with Crippen LogP contribution in [-0.4, -0.2) is 53.4 Å². The van der Waals surface area contributed by atoms with Gasteiger partial charge in [-0.25, -0.2) is 0 Å². The molecule has 2 heterocycles. The van der Waals surface area contributed by atoms with Gasteiger partial charge >= 0.3 is 0 Å². The van der Waals surface area contributed by atoms with Gasteiger partial charge in [-0.1, -0.05) is 30.3 Å². The summed E-state index contributed by atoms with van der Waals surface area (Å²) in [5.74, 6) is 0.101. The van der Waals surface area contributed by atoms with Gasteiger partial charge in [0.05, 0.1) is 6.54 Å². The Morgan fingerprint density at radius 2 is 1.84 bits per heavy atom. The molecular formula is C20H26N4O. The minimum atomic E-state index is 0.101. The average Bonchev–Trinajstić information content (AvgIpc) is 2.64. The molecule has 0 unspecified atom stereocenters. The first kappa shape index (κ1) is 17.6. The maximum atomic E-state index is 12.2. The summed E-state index contributed by atoms with van der Waals surface area (Å²) in [6, 6.07) is 12.3. The van der Waals surface area contributed by atoms with Crippen molar-refractivity contribution < 1.29 is 4.79 Å². The number of carbonyl (C=O) groups excluding carboxylic acids is 1. The summed E-state index contributed by atoms with van der Waals surface area (Å²) in [7, 11) is 0. The maximum absolute atomic E-state index is 12.2. The van der Waals surface area contributed by atoms with Gasteiger partial charge in [-0.3, -0.25) is 19.6 Å². The van der Waals surface area contributed by atoms with Crippen LogP contribution in [0.4, 0.5) is 0 Å². The molecule has 0 saturated carbocycles. The zero-order valence-corrected chi connectivity index (χ0v) is 14.8. The first-order valence-electron chi connectivity index (χ1n) is 8.85. The summed E-state index contributed by atoms with van der Waals surface area (Å²) in [5, 5.41) is 3.04. The van der Waals surface area contributed by atoms with Crippen LogP contribution in [0, 0.1) is 6.92 Å². The number of nitrogens with one attached hydrogen (secondary N) is 1. The SMILES string of the molecule is Cc1ccccc1CNC(=O)CN1CCN(Cc2cccnc2)CC1. The molecule has 2 aromatic rings. The predicted octanol–water partition coefficient (Wildman–Crippen LogP) is 1.82. The first-order valence-corrected chi connectivity index (χ1v) is 8.85. The standard InChI is InChI=1S/C20H26N4O/c1-17-5-2-3-7-19(17)14-22-20(25)16-24-11-9-23(10-12-24)15-18-6-4-8-21-13-18/h2-8,13H,9-12,14-16H2,1H3,(H,22,25). The molecule has 132 valence electrons. The van der Waals surface area contributed by atoms with Gasteiger partial charge in [0.2, 0.25) is 5.91 Å². The lowest BCUT2D eigenvalue weighted by Crippen LogP contribution is -2.49. The maximum Gasteiger partial charge on any atom is 0.234 e. The molecule has 5 nitrogen and oxygen atoms in total. The Morgan fingerprint density at radius 1 is 1.08 bits per heavy atom. The third-order valence-electron chi connectivity index (χ3n) is 4.70. The van der Waals surface area contributed by atoms with Crippen LogP contribution < -0.4 is 5.32 Å². The lowest BCUT2D eigenvalue weighted by Gasteiger charge is -2.34. The highest BCUT2D eigenvalue weighted by atomic mass is 16.2. The molecule has 25 heavy (non-hydrogen) atoms. The molecule has 1 amide bonds. The van der Waals surface area contributed by atoms with Crippen molar-refractivity contribution in [3.8, 4) is 0 Å². The van der Waals surface area contributed by atoms with Crippen molar-refractivity contribution >= 4 is 5.91 Å². The largest absolute Gasteiger partial charge is 0.351 e. The average molecular weight is 338 g/mol. The third-order valence-corrected chi connectivity index (χ3v) is 4.70. The van der Waals surface area contributed by atoms with Gasteiger partial charge in [-0.15, -0.1) is 0 Å². The summed E-state index contributed by atoms with van der Waals surface area (Å²) < 4.78 is 0. The molecule has 1 saturated heterocycles. The smallest absolute Gasteiger partial charge is 0.234 e. The molecule has 0 atom stereocenters. The first-order chi connectivity index (χ1) is 12.2. The van der Waals surface area contributed by atoms with Crippen LogP contribution in [0.1, 0.15) is 16.7 Å². The summed E-state index contributed by atoms with van der Waals surface area (Å²) in [6.45, 7) is 7.92. The minimum Gasteiger partial charge on any atom is -0.351 e. The number of benzene rings is 1. The van der Waals surface area contributed by atoms with Crippen molar-refractivity contribution in [1.29, 1.82) is 0 Å². The number of aromatic nitrogens is 1. The van der Waals surface area contributed by atoms with Gasteiger partial charge in [0.1, 0.15) is 0 Å². The summed E-state index contributed by atoms with van der Waals surface area (Å²) in [4.78, 5) is 21.0. The number of piperazine rings is 1. The zero-order valence-electron chi connectivity index (χ0n) is 14.8. The number of hydrogen-bond donors (Lipinski definition) is 1. The van der Waals surface area contributed by atoms with Gasteiger partial charge in [-0.2, -0.15) is 0 Å². The number of hydrogen-bond acceptors (Lipinski definition) is 4. The van der Waals surface area contributed by atoms with Gasteiger partial charge in [0.15, 0.2) is 0 Å². The summed E-state index contributed by atoms with van der Waals surface area (Å²) in [6.07, 6.45) is 3.72. The van der Waals surface area contributed by atoms with Crippen molar-refractivity contribution in [3.63, 3.8) is 0 Å². The van der Waals surface area contributed by atoms with Crippen LogP contribution in [-0.2, 0) is 17.9 Å². The molecule has 1 aliphatic heterocycles. The number of pyridine rings is 1. The second-order valence-corrected chi connectivity index (χ2v) is 6.62. The lowest BCUT2D eigenvalue weighted by molar-refractivity contribution is -0.122. The number of carbonyl (C=O) groups is 1. The molecule has 5 heteroatoms. The van der Waals surface area contributed by atoms with E-state index >= 15 is 0 Å². The molecule has 1 aromatic carbocycles. The second-order valence-electron chi connectivity index (χ2n) is 6.62. The number of amides is 1. The van der Waals surface area contributed by atoms with Crippen molar-refractivity contribution in [3.05, 3.63) is 65.5 Å². The molecule has 0 spiro atoms. The number of rotatable bonds is 6. The Balaban J connectivity index is 1.38. The van der Waals surface area contributed by atoms with Crippen molar-refractivity contribution in [2.75, 3.05) is 32.7 Å². The highest BCUT2D eigenvalue weighted by Crippen LogP contribution is 2.08. The monoisotopic (exact) mass is 338 g/mol. The van der Waals surface area contributed by atoms with Gasteiger partial charge in [0, 0.05) is 51.7 Å². The molecule has 1 N–H and O–H groups in total. The quantitative estimate of drug-likeness (QED) is 0.873. The predicted molar refractivity (Wildman–Crippen MR) is 99.0 cm³/mol. The van der Waals surface area contributed by atoms with E-state index in [0.29, 0.717) is 13.1 Å². The minimum absolute atomic E-state index is 0.101. The lowest BCUT2D eigenvalue weighted by atomic mass is 10.1. The summed E-state index contributed by atoms with van der Waals surface area (Å²) in [5.41, 5.74) is 3.64. The molecule has 0 radical (unpaired) electrons. The Kier molecular flexibility index (Phi) is 6.14. The Morgan fingerprint density at radius 3 is 2.56 bits per heavy atom. The van der Waals surface area contributed by atoms with Crippen LogP contribution in [0.2, 0.25) is 0 Å². The van der Waals surface area contributed by atoms with Crippen LogP contribution >= 0.6 is 0 Å². The highest BCUT2D eigenvalue weighted by Gasteiger charge is 2.19. The normalized spacial score (nSPS) is 15.9. The van der Waals surface area contributed by atoms with E-state index in [1.807, 2.05) is 24.4 Å². The molecule has 0 aliphatic carbocycles. The Labute approximate surface area is 149 Å². The van der Waals surface area contributed by atoms with Crippen molar-refractivity contribution in [2.24, 2.45) is 0 Å². The fourth-order valence-electron chi connectivity index (χ4n) is 3.12.